The van der Waals surface area contributed by atoms with Gasteiger partial charge in [0, 0.05) is 39.7 Å². The molecule has 3 aromatic carbocycles. The molecule has 11 nitrogen and oxygen atoms in total. The molecule has 1 saturated heterocycles. The van der Waals surface area contributed by atoms with Crippen LogP contribution in [-0.4, -0.2) is 49.0 Å². The van der Waals surface area contributed by atoms with Gasteiger partial charge in [-0.05, 0) is 80.1 Å². The minimum Gasteiger partial charge on any atom is -0.372 e. The zero-order valence-electron chi connectivity index (χ0n) is 25.3. The van der Waals surface area contributed by atoms with Crippen molar-refractivity contribution < 1.29 is 22.8 Å². The zero-order chi connectivity index (χ0) is 33.6. The number of nitrogens with two attached hydrogens (primary N) is 1. The van der Waals surface area contributed by atoms with Crippen LogP contribution in [0.25, 0.3) is 0 Å². The molecule has 0 aliphatic carbocycles. The Hall–Kier alpha value is -3.76. The van der Waals surface area contributed by atoms with Crippen molar-refractivity contribution in [3.05, 3.63) is 97.4 Å². The van der Waals surface area contributed by atoms with E-state index in [1.807, 2.05) is 24.3 Å². The van der Waals surface area contributed by atoms with Crippen molar-refractivity contribution in [2.24, 2.45) is 11.1 Å². The van der Waals surface area contributed by atoms with Crippen LogP contribution in [-0.2, 0) is 31.0 Å². The Morgan fingerprint density at radius 3 is 2.17 bits per heavy atom. The van der Waals surface area contributed by atoms with E-state index in [4.69, 9.17) is 5.14 Å². The van der Waals surface area contributed by atoms with Crippen LogP contribution in [0.1, 0.15) is 30.2 Å². The minimum atomic E-state index is -3.90. The van der Waals surface area contributed by atoms with Gasteiger partial charge < -0.3 is 10.2 Å². The maximum absolute atomic E-state index is 14.1. The summed E-state index contributed by atoms with van der Waals surface area (Å²) in [4.78, 5) is 58.3. The molecule has 1 fully saturated rings. The summed E-state index contributed by atoms with van der Waals surface area (Å²) in [6.07, 6.45) is 0. The Labute approximate surface area is 287 Å². The molecule has 2 aliphatic heterocycles. The largest absolute Gasteiger partial charge is 0.372 e. The lowest BCUT2D eigenvalue weighted by Crippen LogP contribution is -2.33. The smallest absolute Gasteiger partial charge is 0.308 e. The molecule has 6 rings (SSSR count). The number of nitrogens with one attached hydrogen (secondary N) is 1. The highest BCUT2D eigenvalue weighted by molar-refractivity contribution is 9.10. The lowest BCUT2D eigenvalue weighted by atomic mass is 9.83. The molecule has 0 spiro atoms. The highest BCUT2D eigenvalue weighted by Gasteiger charge is 2.56. The highest BCUT2D eigenvalue weighted by Crippen LogP contribution is 2.54. The van der Waals surface area contributed by atoms with Gasteiger partial charge in [-0.2, -0.15) is 0 Å². The first-order valence-corrected chi connectivity index (χ1v) is 18.8. The van der Waals surface area contributed by atoms with Gasteiger partial charge in [0.25, 0.3) is 0 Å². The zero-order valence-corrected chi connectivity index (χ0v) is 29.3. The monoisotopic (exact) mass is 755 g/mol. The van der Waals surface area contributed by atoms with E-state index in [0.29, 0.717) is 21.3 Å². The van der Waals surface area contributed by atoms with Gasteiger partial charge in [-0.25, -0.2) is 18.5 Å². The van der Waals surface area contributed by atoms with Crippen LogP contribution >= 0.6 is 39.0 Å². The number of nitrogens with zero attached hydrogens (tertiary/aromatic N) is 3. The number of halogens is 1. The van der Waals surface area contributed by atoms with Crippen LogP contribution in [0.3, 0.4) is 0 Å². The maximum Gasteiger partial charge on any atom is 0.308 e. The van der Waals surface area contributed by atoms with Crippen LogP contribution < -0.4 is 25.1 Å². The first-order chi connectivity index (χ1) is 22.4. The number of thioether (sulfide) groups is 1. The third-order valence-corrected chi connectivity index (χ3v) is 12.3. The molecule has 3 N–H and O–H groups in total. The summed E-state index contributed by atoms with van der Waals surface area (Å²) in [6.45, 7) is 5.44. The molecular formula is C32H30BrN5O6S3. The molecule has 0 saturated carbocycles. The van der Waals surface area contributed by atoms with E-state index in [2.05, 4.69) is 40.0 Å². The van der Waals surface area contributed by atoms with Gasteiger partial charge in [0.2, 0.25) is 27.7 Å². The normalized spacial score (nSPS) is 19.0. The molecule has 1 aromatic heterocycles. The standard InChI is InChI=1S/C32H30BrN5O6S3/c1-3-36(4-2)21-11-5-18(6-12-21)25-26-27(30(41)38(29(26)40)22-13-7-19(33)8-14-22)45-31-28(25)46-32(42)37(31)17-24(39)35-20-9-15-23(16-10-20)47(34,43)44/h5-16,25-27H,3-4,17H2,1-2H3,(H,35,39)(H2,34,43,44). The van der Waals surface area contributed by atoms with Crippen molar-refractivity contribution in [1.82, 2.24) is 4.57 Å². The third kappa shape index (κ3) is 6.29. The van der Waals surface area contributed by atoms with Gasteiger partial charge in [-0.1, -0.05) is 51.2 Å². The number of sulfonamides is 1. The van der Waals surface area contributed by atoms with E-state index in [1.165, 1.54) is 33.7 Å². The SMILES string of the molecule is CCN(CC)c1ccc(C2c3sc(=O)n(CC(=O)Nc4ccc(S(N)(=O)=O)cc4)c3SC3C(=O)N(c4ccc(Br)cc4)C(=O)C32)cc1. The van der Waals surface area contributed by atoms with Gasteiger partial charge in [0.15, 0.2) is 0 Å². The highest BCUT2D eigenvalue weighted by atomic mass is 79.9. The van der Waals surface area contributed by atoms with E-state index < -0.39 is 37.9 Å². The fourth-order valence-corrected chi connectivity index (χ4v) is 9.57. The lowest BCUT2D eigenvalue weighted by molar-refractivity contribution is -0.122. The van der Waals surface area contributed by atoms with Gasteiger partial charge in [-0.15, -0.1) is 0 Å². The molecule has 47 heavy (non-hydrogen) atoms. The predicted octanol–water partition coefficient (Wildman–Crippen LogP) is 4.60. The summed E-state index contributed by atoms with van der Waals surface area (Å²) in [5, 5.41) is 7.50. The van der Waals surface area contributed by atoms with Gasteiger partial charge >= 0.3 is 4.87 Å². The number of anilines is 3. The second-order valence-corrected chi connectivity index (χ2v) is 15.6. The summed E-state index contributed by atoms with van der Waals surface area (Å²) < 4.78 is 25.3. The molecule has 3 heterocycles. The number of imide groups is 1. The molecule has 0 bridgehead atoms. The van der Waals surface area contributed by atoms with Crippen molar-refractivity contribution in [2.75, 3.05) is 28.2 Å². The fraction of sp³-hybridized carbons (Fsp3) is 0.250. The number of carbonyl (C=O) groups is 3. The first kappa shape index (κ1) is 33.2. The summed E-state index contributed by atoms with van der Waals surface area (Å²) in [5.41, 5.74) is 2.59. The number of hydrogen-bond acceptors (Lipinski definition) is 9. The summed E-state index contributed by atoms with van der Waals surface area (Å²) >= 11 is 5.51. The van der Waals surface area contributed by atoms with E-state index in [-0.39, 0.29) is 23.3 Å². The summed E-state index contributed by atoms with van der Waals surface area (Å²) in [6, 6.07) is 20.2. The molecule has 2 aliphatic rings. The third-order valence-electron chi connectivity index (χ3n) is 8.28. The quantitative estimate of drug-likeness (QED) is 0.235. The Balaban J connectivity index is 1.38. The second kappa shape index (κ2) is 13.0. The first-order valence-electron chi connectivity index (χ1n) is 14.7. The topological polar surface area (TPSA) is 152 Å². The molecule has 0 radical (unpaired) electrons. The van der Waals surface area contributed by atoms with Crippen LogP contribution in [0.2, 0.25) is 0 Å². The van der Waals surface area contributed by atoms with Crippen molar-refractivity contribution in [1.29, 1.82) is 0 Å². The molecule has 244 valence electrons. The van der Waals surface area contributed by atoms with E-state index in [9.17, 15) is 27.6 Å². The van der Waals surface area contributed by atoms with Crippen LogP contribution in [0.4, 0.5) is 17.1 Å². The fourth-order valence-electron chi connectivity index (χ4n) is 6.01. The minimum absolute atomic E-state index is 0.103. The number of carbonyl (C=O) groups excluding carboxylic acids is 3. The van der Waals surface area contributed by atoms with Crippen LogP contribution in [0.15, 0.2) is 92.0 Å². The lowest BCUT2D eigenvalue weighted by Gasteiger charge is -2.31. The number of rotatable bonds is 9. The van der Waals surface area contributed by atoms with E-state index in [1.54, 1.807) is 24.3 Å². The molecular weight excluding hydrogens is 726 g/mol. The maximum atomic E-state index is 14.1. The Morgan fingerprint density at radius 1 is 0.936 bits per heavy atom. The van der Waals surface area contributed by atoms with E-state index >= 15 is 0 Å². The van der Waals surface area contributed by atoms with Crippen molar-refractivity contribution in [2.45, 2.75) is 41.5 Å². The van der Waals surface area contributed by atoms with Crippen LogP contribution in [0.5, 0.6) is 0 Å². The van der Waals surface area contributed by atoms with Crippen LogP contribution in [0, 0.1) is 5.92 Å². The number of aromatic nitrogens is 1. The van der Waals surface area contributed by atoms with Crippen molar-refractivity contribution in [3.8, 4) is 0 Å². The average molecular weight is 757 g/mol. The van der Waals surface area contributed by atoms with Gasteiger partial charge in [0.05, 0.1) is 21.5 Å². The molecule has 3 atom stereocenters. The molecule has 3 unspecified atom stereocenters. The predicted molar refractivity (Wildman–Crippen MR) is 187 cm³/mol. The average Bonchev–Trinajstić information content (AvgIpc) is 3.48. The van der Waals surface area contributed by atoms with Crippen molar-refractivity contribution >= 4 is 83.8 Å². The number of thiazole rings is 1. The van der Waals surface area contributed by atoms with Gasteiger partial charge in [0.1, 0.15) is 11.8 Å². The van der Waals surface area contributed by atoms with Gasteiger partial charge in [-0.3, -0.25) is 23.7 Å². The number of hydrogen-bond donors (Lipinski definition) is 2. The van der Waals surface area contributed by atoms with E-state index in [0.717, 1.165) is 51.9 Å². The number of benzene rings is 3. The molecule has 4 aromatic rings. The molecule has 15 heteroatoms. The number of amides is 3. The Bertz CT molecular complexity index is 2020. The summed E-state index contributed by atoms with van der Waals surface area (Å²) in [7, 11) is -3.90. The number of fused-ring (bicyclic) bond motifs is 2. The van der Waals surface area contributed by atoms with Crippen molar-refractivity contribution in [3.63, 3.8) is 0 Å². The Kier molecular flexibility index (Phi) is 9.19. The number of primary sulfonamides is 1. The second-order valence-electron chi connectivity index (χ2n) is 11.0. The Morgan fingerprint density at radius 2 is 1.57 bits per heavy atom. The summed E-state index contributed by atoms with van der Waals surface area (Å²) in [5.74, 6) is -2.60. The molecule has 3 amide bonds.